The third-order valence-electron chi connectivity index (χ3n) is 7.92. The fourth-order valence-electron chi connectivity index (χ4n) is 5.64. The number of nitrogens with zero attached hydrogens (tertiary/aromatic N) is 3. The van der Waals surface area contributed by atoms with Crippen molar-refractivity contribution >= 4 is 17.1 Å². The lowest BCUT2D eigenvalue weighted by atomic mass is 9.77. The zero-order valence-electron chi connectivity index (χ0n) is 23.0. The first-order valence-electron chi connectivity index (χ1n) is 13.5. The molecule has 4 N–H and O–H groups in total. The predicted octanol–water partition coefficient (Wildman–Crippen LogP) is 3.73. The summed E-state index contributed by atoms with van der Waals surface area (Å²) >= 11 is 0. The number of ether oxygens (including phenoxy) is 2. The molecular weight excluding hydrogens is 534 g/mol. The highest BCUT2D eigenvalue weighted by Gasteiger charge is 2.47. The number of methoxy groups -OCH3 is 1. The summed E-state index contributed by atoms with van der Waals surface area (Å²) in [5.74, 6) is 0.913. The molecule has 0 aliphatic carbocycles. The van der Waals surface area contributed by atoms with Crippen LogP contribution in [0.15, 0.2) is 109 Å². The van der Waals surface area contributed by atoms with Crippen molar-refractivity contribution in [3.8, 4) is 5.75 Å². The van der Waals surface area contributed by atoms with E-state index >= 15 is 0 Å². The number of hydrogen-bond donors (Lipinski definition) is 4. The van der Waals surface area contributed by atoms with Gasteiger partial charge in [-0.3, -0.25) is 14.3 Å². The van der Waals surface area contributed by atoms with Crippen LogP contribution in [-0.4, -0.2) is 55.2 Å². The zero-order chi connectivity index (χ0) is 29.3. The summed E-state index contributed by atoms with van der Waals surface area (Å²) in [5, 5.41) is 24.2. The monoisotopic (exact) mass is 565 g/mol. The second-order valence-electron chi connectivity index (χ2n) is 10.2. The Morgan fingerprint density at radius 3 is 2.26 bits per heavy atom. The highest BCUT2D eigenvalue weighted by molar-refractivity contribution is 5.71. The first kappa shape index (κ1) is 27.4. The van der Waals surface area contributed by atoms with Gasteiger partial charge in [-0.1, -0.05) is 78.9 Å². The fraction of sp³-hybridized carbons (Fsp3) is 0.219. The Morgan fingerprint density at radius 1 is 1.10 bits per heavy atom. The molecule has 6 rings (SSSR count). The number of aliphatic hydroxyl groups excluding tert-OH is 2. The summed E-state index contributed by atoms with van der Waals surface area (Å²) in [6.45, 7) is 3.28. The van der Waals surface area contributed by atoms with Crippen LogP contribution >= 0.6 is 0 Å². The SMILES string of the molecule is C=CC1(CO)OC(n2cnc3c(=O)[nH]c(NC(c4ccccc4)(c4ccccc4)c4ccc(OC)cc4)nc32)CC1O. The van der Waals surface area contributed by atoms with E-state index in [1.165, 1.54) is 12.4 Å². The highest BCUT2D eigenvalue weighted by atomic mass is 16.6. The van der Waals surface area contributed by atoms with E-state index in [9.17, 15) is 15.0 Å². The van der Waals surface area contributed by atoms with Gasteiger partial charge in [0, 0.05) is 6.42 Å². The lowest BCUT2D eigenvalue weighted by Gasteiger charge is -2.37. The van der Waals surface area contributed by atoms with E-state index in [4.69, 9.17) is 14.5 Å². The number of rotatable bonds is 9. The quantitative estimate of drug-likeness (QED) is 0.157. The number of benzene rings is 3. The van der Waals surface area contributed by atoms with Crippen LogP contribution in [-0.2, 0) is 10.3 Å². The fourth-order valence-corrected chi connectivity index (χ4v) is 5.64. The van der Waals surface area contributed by atoms with E-state index in [2.05, 4.69) is 21.9 Å². The van der Waals surface area contributed by atoms with Crippen molar-refractivity contribution in [2.75, 3.05) is 19.0 Å². The molecule has 0 amide bonds. The second-order valence-corrected chi connectivity index (χ2v) is 10.2. The Kier molecular flexibility index (Phi) is 7.11. The van der Waals surface area contributed by atoms with Crippen LogP contribution in [0, 0.1) is 0 Å². The molecule has 0 bridgehead atoms. The van der Waals surface area contributed by atoms with Gasteiger partial charge in [0.15, 0.2) is 11.2 Å². The van der Waals surface area contributed by atoms with Gasteiger partial charge < -0.3 is 25.0 Å². The first-order chi connectivity index (χ1) is 20.4. The number of imidazole rings is 1. The molecule has 2 aromatic heterocycles. The van der Waals surface area contributed by atoms with Crippen LogP contribution in [0.4, 0.5) is 5.95 Å². The molecule has 214 valence electrons. The minimum Gasteiger partial charge on any atom is -0.497 e. The molecule has 1 aliphatic rings. The Bertz CT molecular complexity index is 1710. The van der Waals surface area contributed by atoms with Gasteiger partial charge in [-0.2, -0.15) is 4.98 Å². The van der Waals surface area contributed by atoms with Crippen molar-refractivity contribution in [1.29, 1.82) is 0 Å². The van der Waals surface area contributed by atoms with Crippen LogP contribution in [0.2, 0.25) is 0 Å². The standard InChI is InChI=1S/C32H31N5O5/c1-3-31(19-38)25(39)18-26(42-31)37-20-33-27-28(37)34-30(35-29(27)40)36-32(21-10-6-4-7-11-21,22-12-8-5-9-13-22)23-14-16-24(41-2)17-15-23/h3-17,20,25-26,38-39H,1,18-19H2,2H3,(H2,34,35,36,40). The van der Waals surface area contributed by atoms with Gasteiger partial charge in [-0.15, -0.1) is 6.58 Å². The maximum Gasteiger partial charge on any atom is 0.280 e. The molecular formula is C32H31N5O5. The van der Waals surface area contributed by atoms with Crippen molar-refractivity contribution in [3.63, 3.8) is 0 Å². The van der Waals surface area contributed by atoms with Gasteiger partial charge in [0.05, 0.1) is 26.1 Å². The Hall–Kier alpha value is -4.77. The maximum atomic E-state index is 13.3. The van der Waals surface area contributed by atoms with Crippen molar-refractivity contribution < 1.29 is 19.7 Å². The lowest BCUT2D eigenvalue weighted by molar-refractivity contribution is -0.0953. The summed E-state index contributed by atoms with van der Waals surface area (Å²) < 4.78 is 13.1. The number of aromatic amines is 1. The van der Waals surface area contributed by atoms with Gasteiger partial charge in [-0.25, -0.2) is 4.98 Å². The highest BCUT2D eigenvalue weighted by Crippen LogP contribution is 2.41. The van der Waals surface area contributed by atoms with E-state index in [-0.39, 0.29) is 23.5 Å². The van der Waals surface area contributed by atoms with Crippen molar-refractivity contribution in [1.82, 2.24) is 19.5 Å². The van der Waals surface area contributed by atoms with Crippen LogP contribution in [0.1, 0.15) is 29.3 Å². The number of nitrogens with one attached hydrogen (secondary N) is 2. The number of aliphatic hydroxyl groups is 2. The number of H-pyrrole nitrogens is 1. The summed E-state index contributed by atoms with van der Waals surface area (Å²) in [5.41, 5.74) is 0.359. The average molecular weight is 566 g/mol. The molecule has 1 fully saturated rings. The molecule has 0 saturated carbocycles. The molecule has 10 nitrogen and oxygen atoms in total. The number of aromatic nitrogens is 4. The molecule has 3 unspecified atom stereocenters. The van der Waals surface area contributed by atoms with E-state index in [0.29, 0.717) is 5.75 Å². The van der Waals surface area contributed by atoms with Gasteiger partial charge in [0.2, 0.25) is 5.95 Å². The third kappa shape index (κ3) is 4.46. The van der Waals surface area contributed by atoms with Crippen molar-refractivity contribution in [2.24, 2.45) is 0 Å². The Morgan fingerprint density at radius 2 is 1.71 bits per heavy atom. The minimum absolute atomic E-state index is 0.119. The van der Waals surface area contributed by atoms with Crippen LogP contribution < -0.4 is 15.6 Å². The Labute approximate surface area is 241 Å². The van der Waals surface area contributed by atoms with Crippen LogP contribution in [0.5, 0.6) is 5.75 Å². The van der Waals surface area contributed by atoms with Gasteiger partial charge in [-0.05, 0) is 28.8 Å². The lowest BCUT2D eigenvalue weighted by Crippen LogP contribution is -2.40. The molecule has 0 spiro atoms. The molecule has 42 heavy (non-hydrogen) atoms. The molecule has 10 heteroatoms. The molecule has 3 aromatic carbocycles. The van der Waals surface area contributed by atoms with Crippen LogP contribution in [0.3, 0.4) is 0 Å². The molecule has 1 aliphatic heterocycles. The molecule has 3 heterocycles. The molecule has 0 radical (unpaired) electrons. The van der Waals surface area contributed by atoms with Crippen LogP contribution in [0.25, 0.3) is 11.2 Å². The van der Waals surface area contributed by atoms with Crippen molar-refractivity contribution in [3.05, 3.63) is 131 Å². The van der Waals surface area contributed by atoms with Gasteiger partial charge in [0.25, 0.3) is 5.56 Å². The van der Waals surface area contributed by atoms with E-state index in [0.717, 1.165) is 16.7 Å². The zero-order valence-corrected chi connectivity index (χ0v) is 23.0. The normalized spacial score (nSPS) is 20.5. The molecule has 3 atom stereocenters. The summed E-state index contributed by atoms with van der Waals surface area (Å²) in [7, 11) is 1.62. The molecule has 5 aromatic rings. The van der Waals surface area contributed by atoms with Gasteiger partial charge >= 0.3 is 0 Å². The number of hydrogen-bond acceptors (Lipinski definition) is 8. The smallest absolute Gasteiger partial charge is 0.280 e. The summed E-state index contributed by atoms with van der Waals surface area (Å²) in [4.78, 5) is 25.3. The van der Waals surface area contributed by atoms with Crippen molar-refractivity contribution in [2.45, 2.75) is 29.9 Å². The predicted molar refractivity (Wildman–Crippen MR) is 158 cm³/mol. The summed E-state index contributed by atoms with van der Waals surface area (Å²) in [6, 6.07) is 27.5. The third-order valence-corrected chi connectivity index (χ3v) is 7.92. The maximum absolute atomic E-state index is 13.3. The largest absolute Gasteiger partial charge is 0.497 e. The molecule has 1 saturated heterocycles. The van der Waals surface area contributed by atoms with E-state index in [1.54, 1.807) is 11.7 Å². The van der Waals surface area contributed by atoms with Gasteiger partial charge in [0.1, 0.15) is 23.1 Å². The second kappa shape index (κ2) is 10.9. The van der Waals surface area contributed by atoms with E-state index in [1.807, 2.05) is 84.9 Å². The minimum atomic E-state index is -1.33. The van der Waals surface area contributed by atoms with E-state index < -0.39 is 35.6 Å². The number of anilines is 1. The first-order valence-corrected chi connectivity index (χ1v) is 13.5. The average Bonchev–Trinajstić information content (AvgIpc) is 3.62. The topological polar surface area (TPSA) is 135 Å². The number of fused-ring (bicyclic) bond motifs is 1. The summed E-state index contributed by atoms with van der Waals surface area (Å²) in [6.07, 6.45) is 1.27. The Balaban J connectivity index is 1.52.